The minimum absolute atomic E-state index is 0.00921. The van der Waals surface area contributed by atoms with E-state index in [-0.39, 0.29) is 17.6 Å². The second kappa shape index (κ2) is 4.32. The molecule has 88 valence electrons. The summed E-state index contributed by atoms with van der Waals surface area (Å²) in [6.45, 7) is 5.22. The highest BCUT2D eigenvalue weighted by molar-refractivity contribution is 4.95. The van der Waals surface area contributed by atoms with Crippen LogP contribution >= 0.6 is 0 Å². The Bertz CT molecular complexity index is 223. The average Bonchev–Trinajstić information content (AvgIpc) is 2.66. The van der Waals surface area contributed by atoms with Crippen LogP contribution in [0.1, 0.15) is 13.8 Å². The molecule has 0 unspecified atom stereocenters. The Balaban J connectivity index is 1.96. The van der Waals surface area contributed by atoms with Gasteiger partial charge in [0.2, 0.25) is 0 Å². The number of nitrogens with zero attached hydrogens (tertiary/aromatic N) is 1. The Labute approximate surface area is 88.2 Å². The van der Waals surface area contributed by atoms with Gasteiger partial charge in [-0.05, 0) is 5.92 Å². The van der Waals surface area contributed by atoms with E-state index in [1.54, 1.807) is 0 Å². The number of hydrogen-bond acceptors (Lipinski definition) is 6. The molecule has 0 radical (unpaired) electrons. The normalized spacial score (nSPS) is 40.4. The van der Waals surface area contributed by atoms with E-state index in [2.05, 4.69) is 13.8 Å². The monoisotopic (exact) mass is 219 g/mol. The van der Waals surface area contributed by atoms with Crippen LogP contribution in [0.25, 0.3) is 0 Å². The minimum Gasteiger partial charge on any atom is -0.372 e. The van der Waals surface area contributed by atoms with E-state index < -0.39 is 6.10 Å². The van der Waals surface area contributed by atoms with Crippen LogP contribution in [0, 0.1) is 11.8 Å². The average molecular weight is 219 g/mol. The molecule has 2 heterocycles. The second-order valence-corrected chi connectivity index (χ2v) is 4.40. The van der Waals surface area contributed by atoms with Crippen molar-refractivity contribution in [1.82, 2.24) is 5.39 Å². The molecule has 2 saturated heterocycles. The topological polar surface area (TPSA) is 71.4 Å². The second-order valence-electron chi connectivity index (χ2n) is 4.40. The zero-order valence-corrected chi connectivity index (χ0v) is 8.87. The molecule has 6 nitrogen and oxygen atoms in total. The van der Waals surface area contributed by atoms with Gasteiger partial charge in [0.15, 0.2) is 0 Å². The van der Waals surface area contributed by atoms with E-state index in [4.69, 9.17) is 24.7 Å². The summed E-state index contributed by atoms with van der Waals surface area (Å²) >= 11 is 0. The van der Waals surface area contributed by atoms with E-state index in [0.717, 1.165) is 0 Å². The maximum atomic E-state index is 8.56. The molecule has 4 atom stereocenters. The van der Waals surface area contributed by atoms with Crippen molar-refractivity contribution in [2.75, 3.05) is 13.2 Å². The fraction of sp³-hybridized carbons (Fsp3) is 1.00. The van der Waals surface area contributed by atoms with Crippen molar-refractivity contribution in [3.8, 4) is 0 Å². The van der Waals surface area contributed by atoms with Crippen LogP contribution in [0.4, 0.5) is 0 Å². The van der Waals surface area contributed by atoms with E-state index >= 15 is 0 Å². The Kier molecular flexibility index (Phi) is 3.24. The molecule has 15 heavy (non-hydrogen) atoms. The maximum Gasteiger partial charge on any atom is 0.136 e. The Morgan fingerprint density at radius 1 is 1.20 bits per heavy atom. The van der Waals surface area contributed by atoms with Gasteiger partial charge in [-0.1, -0.05) is 13.8 Å². The standard InChI is InChI=1S/C9H17NO5/c1-5(2)6-3-13-9-7(15-10(11)12)4-14-8(6)9/h5-9,11-12H,3-4H2,1-2H3/t6-,7+,8+,9+/m0/s1. The molecule has 0 aromatic carbocycles. The predicted molar refractivity (Wildman–Crippen MR) is 48.1 cm³/mol. The molecule has 0 saturated carbocycles. The molecule has 2 rings (SSSR count). The summed E-state index contributed by atoms with van der Waals surface area (Å²) < 4.78 is 11.1. The zero-order valence-electron chi connectivity index (χ0n) is 8.87. The largest absolute Gasteiger partial charge is 0.372 e. The molecule has 2 aliphatic rings. The maximum absolute atomic E-state index is 8.56. The minimum atomic E-state index is -0.436. The third-order valence-corrected chi connectivity index (χ3v) is 3.13. The first kappa shape index (κ1) is 11.3. The van der Waals surface area contributed by atoms with Gasteiger partial charge in [-0.2, -0.15) is 0 Å². The van der Waals surface area contributed by atoms with Gasteiger partial charge in [0.25, 0.3) is 0 Å². The van der Waals surface area contributed by atoms with Crippen LogP contribution in [0.3, 0.4) is 0 Å². The Hall–Kier alpha value is -0.240. The smallest absolute Gasteiger partial charge is 0.136 e. The lowest BCUT2D eigenvalue weighted by Gasteiger charge is -2.19. The predicted octanol–water partition coefficient (Wildman–Crippen LogP) is 0.437. The summed E-state index contributed by atoms with van der Waals surface area (Å²) in [5.74, 6) is 0.840. The summed E-state index contributed by atoms with van der Waals surface area (Å²) in [5, 5.41) is 16.9. The summed E-state index contributed by atoms with van der Waals surface area (Å²) in [7, 11) is 0. The van der Waals surface area contributed by atoms with E-state index in [9.17, 15) is 0 Å². The molecule has 6 heteroatoms. The van der Waals surface area contributed by atoms with Gasteiger partial charge in [-0.25, -0.2) is 4.84 Å². The van der Waals surface area contributed by atoms with Gasteiger partial charge < -0.3 is 9.47 Å². The highest BCUT2D eigenvalue weighted by atomic mass is 17.1. The van der Waals surface area contributed by atoms with Crippen LogP contribution in [-0.4, -0.2) is 47.3 Å². The van der Waals surface area contributed by atoms with Crippen LogP contribution in [0.15, 0.2) is 0 Å². The first-order valence-corrected chi connectivity index (χ1v) is 5.17. The van der Waals surface area contributed by atoms with Gasteiger partial charge in [-0.15, -0.1) is 0 Å². The van der Waals surface area contributed by atoms with Crippen molar-refractivity contribution in [3.05, 3.63) is 0 Å². The van der Waals surface area contributed by atoms with Crippen molar-refractivity contribution in [2.45, 2.75) is 32.2 Å². The van der Waals surface area contributed by atoms with Crippen molar-refractivity contribution in [1.29, 1.82) is 0 Å². The highest BCUT2D eigenvalue weighted by Gasteiger charge is 2.49. The summed E-state index contributed by atoms with van der Waals surface area (Å²) in [5.41, 5.74) is 0. The molecule has 0 spiro atoms. The first-order chi connectivity index (χ1) is 7.09. The van der Waals surface area contributed by atoms with E-state index in [0.29, 0.717) is 25.0 Å². The number of hydrogen-bond donors (Lipinski definition) is 2. The lowest BCUT2D eigenvalue weighted by Crippen LogP contribution is -2.36. The Morgan fingerprint density at radius 2 is 1.87 bits per heavy atom. The first-order valence-electron chi connectivity index (χ1n) is 5.17. The lowest BCUT2D eigenvalue weighted by atomic mass is 9.90. The van der Waals surface area contributed by atoms with Crippen LogP contribution < -0.4 is 0 Å². The highest BCUT2D eigenvalue weighted by Crippen LogP contribution is 2.36. The molecule has 0 aliphatic carbocycles. The number of rotatable bonds is 3. The fourth-order valence-corrected chi connectivity index (χ4v) is 2.28. The van der Waals surface area contributed by atoms with Crippen molar-refractivity contribution in [2.24, 2.45) is 11.8 Å². The summed E-state index contributed by atoms with van der Waals surface area (Å²) in [6.07, 6.45) is -0.622. The van der Waals surface area contributed by atoms with E-state index in [1.165, 1.54) is 0 Å². The fourth-order valence-electron chi connectivity index (χ4n) is 2.28. The molecule has 0 bridgehead atoms. The molecule has 2 N–H and O–H groups in total. The molecule has 2 fully saturated rings. The molecule has 0 amide bonds. The van der Waals surface area contributed by atoms with Crippen LogP contribution in [0.5, 0.6) is 0 Å². The Morgan fingerprint density at radius 3 is 2.47 bits per heavy atom. The van der Waals surface area contributed by atoms with Gasteiger partial charge in [0, 0.05) is 5.92 Å². The molecular weight excluding hydrogens is 202 g/mol. The van der Waals surface area contributed by atoms with Gasteiger partial charge >= 0.3 is 0 Å². The number of fused-ring (bicyclic) bond motifs is 1. The van der Waals surface area contributed by atoms with Crippen molar-refractivity contribution >= 4 is 0 Å². The molecule has 0 aromatic heterocycles. The third-order valence-electron chi connectivity index (χ3n) is 3.13. The molecule has 2 aliphatic heterocycles. The van der Waals surface area contributed by atoms with Gasteiger partial charge in [0.05, 0.1) is 24.7 Å². The van der Waals surface area contributed by atoms with Crippen LogP contribution in [-0.2, 0) is 14.3 Å². The SMILES string of the molecule is CC(C)[C@@H]1CO[C@H]2[C@@H]1OC[C@H]2ON(O)O. The van der Waals surface area contributed by atoms with Gasteiger partial charge in [0.1, 0.15) is 12.2 Å². The molecular formula is C9H17NO5. The zero-order chi connectivity index (χ0) is 11.0. The van der Waals surface area contributed by atoms with Gasteiger partial charge in [-0.3, -0.25) is 10.4 Å². The summed E-state index contributed by atoms with van der Waals surface area (Å²) in [4.78, 5) is 4.75. The third kappa shape index (κ3) is 2.15. The number of ether oxygens (including phenoxy) is 2. The van der Waals surface area contributed by atoms with Crippen molar-refractivity contribution in [3.63, 3.8) is 0 Å². The van der Waals surface area contributed by atoms with E-state index in [1.807, 2.05) is 0 Å². The summed E-state index contributed by atoms with van der Waals surface area (Å²) in [6, 6.07) is 0. The van der Waals surface area contributed by atoms with Crippen molar-refractivity contribution < 1.29 is 24.7 Å². The quantitative estimate of drug-likeness (QED) is 0.671. The van der Waals surface area contributed by atoms with Crippen LogP contribution in [0.2, 0.25) is 0 Å². The lowest BCUT2D eigenvalue weighted by molar-refractivity contribution is -0.507. The molecule has 0 aromatic rings.